The molecule has 0 saturated carbocycles. The molecule has 1 amide bonds. The molecule has 124 valence electrons. The van der Waals surface area contributed by atoms with Gasteiger partial charge in [-0.3, -0.25) is 0 Å². The number of aryl methyl sites for hydroxylation is 1. The molecule has 0 spiro atoms. The van der Waals surface area contributed by atoms with E-state index in [-0.39, 0.29) is 5.60 Å². The van der Waals surface area contributed by atoms with Crippen LogP contribution in [0.2, 0.25) is 0 Å². The number of ether oxygens (including phenoxy) is 2. The Bertz CT molecular complexity index is 499. The summed E-state index contributed by atoms with van der Waals surface area (Å²) in [7, 11) is 0. The Morgan fingerprint density at radius 3 is 2.50 bits per heavy atom. The van der Waals surface area contributed by atoms with Crippen molar-refractivity contribution in [1.82, 2.24) is 5.32 Å². The van der Waals surface area contributed by atoms with Gasteiger partial charge < -0.3 is 14.8 Å². The number of hydrogen-bond acceptors (Lipinski definition) is 3. The fourth-order valence-corrected chi connectivity index (χ4v) is 2.58. The van der Waals surface area contributed by atoms with Crippen molar-refractivity contribution >= 4 is 28.7 Å². The van der Waals surface area contributed by atoms with Gasteiger partial charge in [-0.2, -0.15) is 0 Å². The highest BCUT2D eigenvalue weighted by Crippen LogP contribution is 2.28. The van der Waals surface area contributed by atoms with Gasteiger partial charge >= 0.3 is 6.09 Å². The normalized spacial score (nSPS) is 14.3. The number of alkyl carbamates (subject to hydrolysis) is 1. The van der Waals surface area contributed by atoms with Crippen molar-refractivity contribution in [2.24, 2.45) is 0 Å². The second-order valence-corrected chi connectivity index (χ2v) is 7.27. The van der Waals surface area contributed by atoms with Crippen LogP contribution in [0.4, 0.5) is 4.79 Å². The summed E-state index contributed by atoms with van der Waals surface area (Å²) in [4.78, 5) is 11.6. The lowest BCUT2D eigenvalue weighted by atomic mass is 9.96. The topological polar surface area (TPSA) is 47.6 Å². The van der Waals surface area contributed by atoms with E-state index >= 15 is 0 Å². The average Bonchev–Trinajstić information content (AvgIpc) is 2.41. The lowest BCUT2D eigenvalue weighted by Gasteiger charge is -2.29. The van der Waals surface area contributed by atoms with Crippen LogP contribution >= 0.6 is 22.6 Å². The molecular formula is C17H26INO3. The fraction of sp³-hybridized carbons (Fsp3) is 0.588. The highest BCUT2D eigenvalue weighted by atomic mass is 127. The maximum Gasteiger partial charge on any atom is 0.407 e. The van der Waals surface area contributed by atoms with Crippen molar-refractivity contribution in [3.63, 3.8) is 0 Å². The van der Waals surface area contributed by atoms with Crippen LogP contribution in [0.3, 0.4) is 0 Å². The van der Waals surface area contributed by atoms with Gasteiger partial charge in [0.25, 0.3) is 0 Å². The van der Waals surface area contributed by atoms with Gasteiger partial charge in [0.05, 0.1) is 12.2 Å². The number of nitrogens with one attached hydrogen (secondary N) is 1. The molecule has 1 aromatic carbocycles. The second-order valence-electron chi connectivity index (χ2n) is 6.51. The molecule has 0 heterocycles. The van der Waals surface area contributed by atoms with Crippen molar-refractivity contribution in [3.8, 4) is 0 Å². The molecule has 1 aromatic rings. The summed E-state index contributed by atoms with van der Waals surface area (Å²) in [6, 6.07) is 8.33. The molecule has 0 radical (unpaired) electrons. The quantitative estimate of drug-likeness (QED) is 0.428. The second kappa shape index (κ2) is 8.15. The zero-order valence-electron chi connectivity index (χ0n) is 14.0. The third kappa shape index (κ3) is 6.52. The van der Waals surface area contributed by atoms with Crippen molar-refractivity contribution in [3.05, 3.63) is 35.4 Å². The van der Waals surface area contributed by atoms with Gasteiger partial charge in [0.15, 0.2) is 0 Å². The molecule has 22 heavy (non-hydrogen) atoms. The molecule has 1 atom stereocenters. The van der Waals surface area contributed by atoms with E-state index < -0.39 is 11.7 Å². The first-order valence-corrected chi connectivity index (χ1v) is 8.93. The summed E-state index contributed by atoms with van der Waals surface area (Å²) in [5, 5.41) is 2.71. The van der Waals surface area contributed by atoms with Crippen LogP contribution in [-0.2, 0) is 15.1 Å². The van der Waals surface area contributed by atoms with E-state index in [1.807, 2.05) is 26.8 Å². The van der Waals surface area contributed by atoms with Crippen LogP contribution in [0, 0.1) is 6.92 Å². The number of alkyl halides is 1. The number of halogens is 1. The minimum atomic E-state index is -0.483. The van der Waals surface area contributed by atoms with Crippen molar-refractivity contribution in [2.75, 3.05) is 17.6 Å². The molecule has 0 bridgehead atoms. The number of benzene rings is 1. The van der Waals surface area contributed by atoms with Crippen molar-refractivity contribution < 1.29 is 14.3 Å². The molecule has 0 aliphatic rings. The Kier molecular flexibility index (Phi) is 7.12. The largest absolute Gasteiger partial charge is 0.444 e. The Hall–Kier alpha value is -0.820. The Balaban J connectivity index is 2.49. The van der Waals surface area contributed by atoms with Crippen molar-refractivity contribution in [2.45, 2.75) is 45.8 Å². The van der Waals surface area contributed by atoms with Crippen LogP contribution < -0.4 is 5.32 Å². The first kappa shape index (κ1) is 19.2. The Morgan fingerprint density at radius 2 is 1.95 bits per heavy atom. The molecule has 0 aromatic heterocycles. The van der Waals surface area contributed by atoms with E-state index in [0.29, 0.717) is 13.2 Å². The molecule has 0 aliphatic heterocycles. The predicted molar refractivity (Wildman–Crippen MR) is 97.6 cm³/mol. The van der Waals surface area contributed by atoms with E-state index in [9.17, 15) is 4.79 Å². The number of amides is 1. The highest BCUT2D eigenvalue weighted by molar-refractivity contribution is 14.1. The Labute approximate surface area is 147 Å². The molecule has 4 nitrogen and oxygen atoms in total. The van der Waals surface area contributed by atoms with Gasteiger partial charge in [-0.05, 0) is 40.2 Å². The van der Waals surface area contributed by atoms with Crippen LogP contribution in [0.5, 0.6) is 0 Å². The standard InChI is InChI=1S/C17H26INO3/c1-13-7-6-8-14(11-13)17(5,12-18)21-10-9-19-15(20)22-16(2,3)4/h6-8,11H,9-10,12H2,1-5H3,(H,19,20). The number of rotatable bonds is 6. The van der Waals surface area contributed by atoms with E-state index in [1.54, 1.807) is 0 Å². The van der Waals surface area contributed by atoms with Crippen LogP contribution in [0.15, 0.2) is 24.3 Å². The lowest BCUT2D eigenvalue weighted by Crippen LogP contribution is -2.36. The minimum Gasteiger partial charge on any atom is -0.444 e. The number of hydrogen-bond donors (Lipinski definition) is 1. The summed E-state index contributed by atoms with van der Waals surface area (Å²) >= 11 is 2.33. The lowest BCUT2D eigenvalue weighted by molar-refractivity contribution is -0.0150. The van der Waals surface area contributed by atoms with Crippen LogP contribution in [0.1, 0.15) is 38.8 Å². The van der Waals surface area contributed by atoms with Gasteiger partial charge in [-0.25, -0.2) is 4.79 Å². The summed E-state index contributed by atoms with van der Waals surface area (Å²) in [5.74, 6) is 0. The van der Waals surface area contributed by atoms with Gasteiger partial charge in [0.1, 0.15) is 5.60 Å². The number of carbonyl (C=O) groups excluding carboxylic acids is 1. The van der Waals surface area contributed by atoms with Gasteiger partial charge in [0, 0.05) is 11.0 Å². The summed E-state index contributed by atoms with van der Waals surface area (Å²) in [6.07, 6.45) is -0.414. The van der Waals surface area contributed by atoms with Crippen LogP contribution in [0.25, 0.3) is 0 Å². The van der Waals surface area contributed by atoms with Gasteiger partial charge in [0.2, 0.25) is 0 Å². The fourth-order valence-electron chi connectivity index (χ4n) is 1.92. The molecule has 0 fully saturated rings. The molecule has 1 unspecified atom stereocenters. The summed E-state index contributed by atoms with van der Waals surface area (Å²) < 4.78 is 12.0. The van der Waals surface area contributed by atoms with Crippen molar-refractivity contribution in [1.29, 1.82) is 0 Å². The molecule has 0 aliphatic carbocycles. The first-order valence-electron chi connectivity index (χ1n) is 7.40. The van der Waals surface area contributed by atoms with Crippen LogP contribution in [-0.4, -0.2) is 29.3 Å². The zero-order valence-corrected chi connectivity index (χ0v) is 16.2. The summed E-state index contributed by atoms with van der Waals surface area (Å²) in [6.45, 7) is 10.5. The first-order chi connectivity index (χ1) is 10.2. The third-order valence-corrected chi connectivity index (χ3v) is 4.53. The third-order valence-electron chi connectivity index (χ3n) is 3.07. The SMILES string of the molecule is Cc1cccc(C(C)(CI)OCCNC(=O)OC(C)(C)C)c1. The maximum absolute atomic E-state index is 11.6. The Morgan fingerprint density at radius 1 is 1.27 bits per heavy atom. The monoisotopic (exact) mass is 419 g/mol. The molecule has 0 saturated heterocycles. The smallest absolute Gasteiger partial charge is 0.407 e. The molecule has 5 heteroatoms. The number of carbonyl (C=O) groups is 1. The van der Waals surface area contributed by atoms with E-state index in [0.717, 1.165) is 9.99 Å². The molecule has 1 rings (SSSR count). The predicted octanol–water partition coefficient (Wildman–Crippen LogP) is 4.19. The minimum absolute atomic E-state index is 0.359. The van der Waals surface area contributed by atoms with E-state index in [4.69, 9.17) is 9.47 Å². The maximum atomic E-state index is 11.6. The zero-order chi connectivity index (χ0) is 16.8. The molecular weight excluding hydrogens is 393 g/mol. The van der Waals surface area contributed by atoms with Gasteiger partial charge in [-0.15, -0.1) is 0 Å². The van der Waals surface area contributed by atoms with Gasteiger partial charge in [-0.1, -0.05) is 52.4 Å². The summed E-state index contributed by atoms with van der Waals surface area (Å²) in [5.41, 5.74) is 1.52. The van der Waals surface area contributed by atoms with E-state index in [1.165, 1.54) is 5.56 Å². The highest BCUT2D eigenvalue weighted by Gasteiger charge is 2.26. The van der Waals surface area contributed by atoms with E-state index in [2.05, 4.69) is 60.0 Å². The molecule has 1 N–H and O–H groups in total. The average molecular weight is 419 g/mol.